The van der Waals surface area contributed by atoms with E-state index >= 15 is 0 Å². The second-order valence-corrected chi connectivity index (χ2v) is 7.50. The molecule has 29 heavy (non-hydrogen) atoms. The lowest BCUT2D eigenvalue weighted by atomic mass is 10.2. The number of thiophene rings is 1. The molecule has 1 aliphatic rings. The van der Waals surface area contributed by atoms with Crippen molar-refractivity contribution < 1.29 is 14.5 Å². The summed E-state index contributed by atoms with van der Waals surface area (Å²) in [5.41, 5.74) is 0.450. The van der Waals surface area contributed by atoms with Gasteiger partial charge >= 0.3 is 6.03 Å². The largest absolute Gasteiger partial charge is 0.379 e. The highest BCUT2D eigenvalue weighted by molar-refractivity contribution is 7.10. The lowest BCUT2D eigenvalue weighted by Crippen LogP contribution is -2.46. The molecule has 1 saturated heterocycles. The average molecular weight is 420 g/mol. The van der Waals surface area contributed by atoms with E-state index in [1.807, 2.05) is 11.4 Å². The van der Waals surface area contributed by atoms with Gasteiger partial charge in [-0.25, -0.2) is 4.79 Å². The predicted octanol–water partition coefficient (Wildman–Crippen LogP) is 2.44. The van der Waals surface area contributed by atoms with Crippen molar-refractivity contribution in [3.05, 3.63) is 56.8 Å². The first kappa shape index (κ1) is 21.0. The monoisotopic (exact) mass is 419 g/mol. The molecule has 0 bridgehead atoms. The zero-order valence-corrected chi connectivity index (χ0v) is 16.8. The molecular formula is C19H25N5O4S. The number of rotatable bonds is 9. The van der Waals surface area contributed by atoms with E-state index in [1.54, 1.807) is 29.5 Å². The molecule has 9 nitrogen and oxygen atoms in total. The number of ether oxygens (including phenoxy) is 1. The van der Waals surface area contributed by atoms with Crippen LogP contribution >= 0.6 is 11.3 Å². The Labute approximate surface area is 173 Å². The zero-order valence-electron chi connectivity index (χ0n) is 16.0. The Morgan fingerprint density at radius 1 is 1.17 bits per heavy atom. The van der Waals surface area contributed by atoms with E-state index in [1.165, 1.54) is 10.9 Å². The number of benzene rings is 1. The smallest absolute Gasteiger partial charge is 0.314 e. The molecule has 3 N–H and O–H groups in total. The highest BCUT2D eigenvalue weighted by Crippen LogP contribution is 2.25. The van der Waals surface area contributed by atoms with E-state index in [-0.39, 0.29) is 17.8 Å². The molecule has 0 unspecified atom stereocenters. The molecule has 1 aromatic carbocycles. The summed E-state index contributed by atoms with van der Waals surface area (Å²) in [6.45, 7) is 4.31. The van der Waals surface area contributed by atoms with E-state index in [4.69, 9.17) is 4.74 Å². The second-order valence-electron chi connectivity index (χ2n) is 6.52. The number of amides is 2. The maximum absolute atomic E-state index is 12.2. The van der Waals surface area contributed by atoms with Crippen LogP contribution in [0.3, 0.4) is 0 Å². The molecule has 0 spiro atoms. The number of hydrogen-bond acceptors (Lipinski definition) is 7. The molecule has 1 atom stereocenters. The van der Waals surface area contributed by atoms with Crippen LogP contribution in [-0.2, 0) is 4.74 Å². The number of carbonyl (C=O) groups excluding carboxylic acids is 1. The van der Waals surface area contributed by atoms with E-state index in [0.29, 0.717) is 38.5 Å². The standard InChI is InChI=1S/C19H25N5O4S/c25-19(21-8-7-20-15-4-1-2-5-16(15)24(26)27)22-14-17(18-6-3-13-29-18)23-9-11-28-12-10-23/h1-6,13,17,20H,7-12,14H2,(H2,21,22,25)/t17-/m0/s1. The summed E-state index contributed by atoms with van der Waals surface area (Å²) >= 11 is 1.68. The summed E-state index contributed by atoms with van der Waals surface area (Å²) < 4.78 is 5.43. The normalized spacial score (nSPS) is 15.4. The van der Waals surface area contributed by atoms with Crippen LogP contribution in [0.15, 0.2) is 41.8 Å². The van der Waals surface area contributed by atoms with Crippen LogP contribution in [0.2, 0.25) is 0 Å². The number of carbonyl (C=O) groups is 1. The summed E-state index contributed by atoms with van der Waals surface area (Å²) in [4.78, 5) is 26.3. The van der Waals surface area contributed by atoms with Gasteiger partial charge in [0.2, 0.25) is 0 Å². The van der Waals surface area contributed by atoms with E-state index < -0.39 is 4.92 Å². The van der Waals surface area contributed by atoms with Crippen molar-refractivity contribution in [1.82, 2.24) is 15.5 Å². The number of morpholine rings is 1. The Morgan fingerprint density at radius 2 is 1.97 bits per heavy atom. The third-order valence-electron chi connectivity index (χ3n) is 4.64. The van der Waals surface area contributed by atoms with Gasteiger partial charge in [0.15, 0.2) is 0 Å². The van der Waals surface area contributed by atoms with Crippen molar-refractivity contribution in [2.24, 2.45) is 0 Å². The minimum atomic E-state index is -0.432. The van der Waals surface area contributed by atoms with Crippen molar-refractivity contribution >= 4 is 28.7 Å². The number of anilines is 1. The lowest BCUT2D eigenvalue weighted by molar-refractivity contribution is -0.384. The van der Waals surface area contributed by atoms with E-state index in [0.717, 1.165) is 13.1 Å². The number of para-hydroxylation sites is 2. The Bertz CT molecular complexity index is 796. The van der Waals surface area contributed by atoms with Crippen LogP contribution < -0.4 is 16.0 Å². The van der Waals surface area contributed by atoms with Crippen LogP contribution in [0, 0.1) is 10.1 Å². The Kier molecular flexibility index (Phi) is 7.79. The van der Waals surface area contributed by atoms with Gasteiger partial charge in [0.1, 0.15) is 5.69 Å². The van der Waals surface area contributed by atoms with Crippen LogP contribution in [0.5, 0.6) is 0 Å². The van der Waals surface area contributed by atoms with Gasteiger partial charge in [-0.05, 0) is 17.5 Å². The summed E-state index contributed by atoms with van der Waals surface area (Å²) in [7, 11) is 0. The van der Waals surface area contributed by atoms with Crippen molar-refractivity contribution in [1.29, 1.82) is 0 Å². The second kappa shape index (κ2) is 10.7. The number of urea groups is 1. The number of nitro benzene ring substituents is 1. The third kappa shape index (κ3) is 6.14. The lowest BCUT2D eigenvalue weighted by Gasteiger charge is -2.34. The van der Waals surface area contributed by atoms with E-state index in [2.05, 4.69) is 26.9 Å². The molecule has 10 heteroatoms. The maximum atomic E-state index is 12.2. The summed E-state index contributed by atoms with van der Waals surface area (Å²) in [5.74, 6) is 0. The molecule has 1 fully saturated rings. The van der Waals surface area contributed by atoms with Crippen LogP contribution in [0.4, 0.5) is 16.2 Å². The fourth-order valence-electron chi connectivity index (χ4n) is 3.19. The molecule has 0 aliphatic carbocycles. The fraction of sp³-hybridized carbons (Fsp3) is 0.421. The van der Waals surface area contributed by atoms with Gasteiger partial charge < -0.3 is 20.7 Å². The van der Waals surface area contributed by atoms with Gasteiger partial charge in [0.25, 0.3) is 5.69 Å². The molecule has 2 heterocycles. The Balaban J connectivity index is 1.43. The van der Waals surface area contributed by atoms with Crippen LogP contribution in [0.1, 0.15) is 10.9 Å². The van der Waals surface area contributed by atoms with Crippen molar-refractivity contribution in [2.75, 3.05) is 51.3 Å². The number of nitrogens with one attached hydrogen (secondary N) is 3. The number of nitro groups is 1. The van der Waals surface area contributed by atoms with Gasteiger partial charge in [-0.1, -0.05) is 18.2 Å². The topological polar surface area (TPSA) is 109 Å². The quantitative estimate of drug-likeness (QED) is 0.327. The highest BCUT2D eigenvalue weighted by Gasteiger charge is 2.23. The average Bonchev–Trinajstić information content (AvgIpc) is 3.27. The van der Waals surface area contributed by atoms with Crippen LogP contribution in [-0.4, -0.2) is 61.8 Å². The van der Waals surface area contributed by atoms with Crippen LogP contribution in [0.25, 0.3) is 0 Å². The minimum absolute atomic E-state index is 0.0150. The number of hydrogen-bond donors (Lipinski definition) is 3. The molecule has 1 aromatic heterocycles. The molecule has 156 valence electrons. The molecular weight excluding hydrogens is 394 g/mol. The molecule has 3 rings (SSSR count). The fourth-order valence-corrected chi connectivity index (χ4v) is 4.05. The van der Waals surface area contributed by atoms with Crippen molar-refractivity contribution in [3.63, 3.8) is 0 Å². The maximum Gasteiger partial charge on any atom is 0.314 e. The van der Waals surface area contributed by atoms with E-state index in [9.17, 15) is 14.9 Å². The summed E-state index contributed by atoms with van der Waals surface area (Å²) in [6, 6.07) is 10.4. The first-order chi connectivity index (χ1) is 14.1. The van der Waals surface area contributed by atoms with Crippen molar-refractivity contribution in [2.45, 2.75) is 6.04 Å². The molecule has 2 aromatic rings. The molecule has 0 radical (unpaired) electrons. The third-order valence-corrected chi connectivity index (χ3v) is 5.61. The molecule has 1 aliphatic heterocycles. The Hall–Kier alpha value is -2.69. The first-order valence-electron chi connectivity index (χ1n) is 9.49. The first-order valence-corrected chi connectivity index (χ1v) is 10.4. The molecule has 2 amide bonds. The predicted molar refractivity (Wildman–Crippen MR) is 112 cm³/mol. The summed E-state index contributed by atoms with van der Waals surface area (Å²) in [6.07, 6.45) is 0. The van der Waals surface area contributed by atoms with Crippen molar-refractivity contribution in [3.8, 4) is 0 Å². The minimum Gasteiger partial charge on any atom is -0.379 e. The van der Waals surface area contributed by atoms with Gasteiger partial charge in [-0.3, -0.25) is 15.0 Å². The van der Waals surface area contributed by atoms with Gasteiger partial charge in [0, 0.05) is 43.7 Å². The SMILES string of the molecule is O=C(NCCNc1ccccc1[N+](=O)[O-])NC[C@@H](c1cccs1)N1CCOCC1. The van der Waals surface area contributed by atoms with Gasteiger partial charge in [0.05, 0.1) is 24.2 Å². The summed E-state index contributed by atoms with van der Waals surface area (Å²) in [5, 5.41) is 21.8. The van der Waals surface area contributed by atoms with Gasteiger partial charge in [-0.15, -0.1) is 11.3 Å². The molecule has 0 saturated carbocycles. The Morgan fingerprint density at radius 3 is 2.69 bits per heavy atom. The number of nitrogens with zero attached hydrogens (tertiary/aromatic N) is 2. The van der Waals surface area contributed by atoms with Gasteiger partial charge in [-0.2, -0.15) is 0 Å². The highest BCUT2D eigenvalue weighted by atomic mass is 32.1. The zero-order chi connectivity index (χ0) is 20.5.